The van der Waals surface area contributed by atoms with Crippen molar-refractivity contribution >= 4 is 16.9 Å². The van der Waals surface area contributed by atoms with E-state index in [-0.39, 0.29) is 5.91 Å². The molecule has 0 radical (unpaired) electrons. The van der Waals surface area contributed by atoms with Crippen LogP contribution in [0, 0.1) is 0 Å². The van der Waals surface area contributed by atoms with Gasteiger partial charge in [0.2, 0.25) is 0 Å². The molecule has 2 aromatic carbocycles. The van der Waals surface area contributed by atoms with E-state index in [2.05, 4.69) is 21.3 Å². The van der Waals surface area contributed by atoms with Gasteiger partial charge in [-0.25, -0.2) is 4.98 Å². The van der Waals surface area contributed by atoms with Crippen LogP contribution in [0.15, 0.2) is 48.5 Å². The van der Waals surface area contributed by atoms with Gasteiger partial charge in [-0.2, -0.15) is 5.10 Å². The second kappa shape index (κ2) is 9.07. The number of carbonyl (C=O) groups is 1. The third-order valence-electron chi connectivity index (χ3n) is 6.04. The minimum atomic E-state index is -0.122. The number of benzene rings is 2. The molecule has 2 aromatic heterocycles. The maximum atomic E-state index is 12.8. The first-order valence-corrected chi connectivity index (χ1v) is 11.3. The maximum absolute atomic E-state index is 12.8. The van der Waals surface area contributed by atoms with Crippen LogP contribution in [0.5, 0.6) is 5.75 Å². The number of ether oxygens (including phenoxy) is 1. The molecule has 3 heterocycles. The van der Waals surface area contributed by atoms with Crippen molar-refractivity contribution < 1.29 is 9.53 Å². The minimum Gasteiger partial charge on any atom is -0.497 e. The molecule has 1 aliphatic heterocycles. The zero-order valence-electron chi connectivity index (χ0n) is 19.0. The summed E-state index contributed by atoms with van der Waals surface area (Å²) in [6.45, 7) is 5.33. The van der Waals surface area contributed by atoms with Crippen molar-refractivity contribution in [3.8, 4) is 5.75 Å². The summed E-state index contributed by atoms with van der Waals surface area (Å²) in [6.07, 6.45) is 0.825. The number of H-pyrrole nitrogens is 1. The van der Waals surface area contributed by atoms with Crippen LogP contribution in [-0.4, -0.2) is 50.8 Å². The van der Waals surface area contributed by atoms with Crippen molar-refractivity contribution in [1.29, 1.82) is 0 Å². The highest BCUT2D eigenvalue weighted by Gasteiger charge is 2.28. The lowest BCUT2D eigenvalue weighted by Gasteiger charge is -2.27. The number of methoxy groups -OCH3 is 1. The van der Waals surface area contributed by atoms with Gasteiger partial charge in [0.1, 0.15) is 11.6 Å². The van der Waals surface area contributed by atoms with Crippen molar-refractivity contribution in [2.75, 3.05) is 20.2 Å². The number of amides is 1. The Morgan fingerprint density at radius 2 is 2.06 bits per heavy atom. The van der Waals surface area contributed by atoms with Crippen molar-refractivity contribution in [1.82, 2.24) is 30.0 Å². The molecule has 1 aliphatic rings. The Morgan fingerprint density at radius 3 is 2.88 bits per heavy atom. The number of nitrogens with zero attached hydrogens (tertiary/aromatic N) is 4. The zero-order chi connectivity index (χ0) is 22.8. The fourth-order valence-corrected chi connectivity index (χ4v) is 4.48. The molecule has 0 unspecified atom stereocenters. The monoisotopic (exact) mass is 444 g/mol. The van der Waals surface area contributed by atoms with Crippen LogP contribution in [0.2, 0.25) is 0 Å². The second-order valence-electron chi connectivity index (χ2n) is 8.30. The van der Waals surface area contributed by atoms with Crippen LogP contribution >= 0.6 is 0 Å². The number of carbonyl (C=O) groups excluding carboxylic acids is 1. The van der Waals surface area contributed by atoms with E-state index in [9.17, 15) is 4.79 Å². The van der Waals surface area contributed by atoms with Crippen molar-refractivity contribution in [2.24, 2.45) is 0 Å². The lowest BCUT2D eigenvalue weighted by atomic mass is 10.0. The Kier molecular flexibility index (Phi) is 5.83. The number of nitrogens with one attached hydrogen (secondary N) is 2. The molecule has 170 valence electrons. The van der Waals surface area contributed by atoms with E-state index in [1.807, 2.05) is 54.1 Å². The molecule has 33 heavy (non-hydrogen) atoms. The van der Waals surface area contributed by atoms with Gasteiger partial charge in [-0.3, -0.25) is 14.4 Å². The number of aromatic amines is 1. The van der Waals surface area contributed by atoms with Crippen LogP contribution in [0.1, 0.15) is 40.1 Å². The number of rotatable bonds is 7. The van der Waals surface area contributed by atoms with Crippen molar-refractivity contribution in [3.63, 3.8) is 0 Å². The van der Waals surface area contributed by atoms with E-state index in [1.54, 1.807) is 7.11 Å². The van der Waals surface area contributed by atoms with Crippen molar-refractivity contribution in [3.05, 3.63) is 76.9 Å². The molecule has 0 spiro atoms. The molecule has 0 fully saturated rings. The first kappa shape index (κ1) is 21.2. The third-order valence-corrected chi connectivity index (χ3v) is 6.04. The van der Waals surface area contributed by atoms with E-state index in [0.717, 1.165) is 52.4 Å². The molecule has 0 atom stereocenters. The average Bonchev–Trinajstić information content (AvgIpc) is 3.40. The van der Waals surface area contributed by atoms with Crippen molar-refractivity contribution in [2.45, 2.75) is 33.0 Å². The summed E-state index contributed by atoms with van der Waals surface area (Å²) in [5.74, 6) is 1.63. The summed E-state index contributed by atoms with van der Waals surface area (Å²) >= 11 is 0. The van der Waals surface area contributed by atoms with Gasteiger partial charge in [-0.15, -0.1) is 0 Å². The van der Waals surface area contributed by atoms with Gasteiger partial charge in [0.05, 0.1) is 31.2 Å². The van der Waals surface area contributed by atoms with Crippen LogP contribution < -0.4 is 10.1 Å². The van der Waals surface area contributed by atoms with Gasteiger partial charge in [0.15, 0.2) is 5.69 Å². The Morgan fingerprint density at radius 1 is 1.18 bits per heavy atom. The summed E-state index contributed by atoms with van der Waals surface area (Å²) in [7, 11) is 1.67. The number of hydrogen-bond donors (Lipinski definition) is 2. The molecule has 2 N–H and O–H groups in total. The summed E-state index contributed by atoms with van der Waals surface area (Å²) in [5.41, 5.74) is 5.75. The third kappa shape index (κ3) is 4.34. The highest BCUT2D eigenvalue weighted by Crippen LogP contribution is 2.25. The van der Waals surface area contributed by atoms with E-state index in [4.69, 9.17) is 14.8 Å². The molecule has 0 aliphatic carbocycles. The zero-order valence-corrected chi connectivity index (χ0v) is 19.0. The largest absolute Gasteiger partial charge is 0.497 e. The van der Waals surface area contributed by atoms with Crippen LogP contribution in [-0.2, 0) is 26.1 Å². The number of para-hydroxylation sites is 2. The summed E-state index contributed by atoms with van der Waals surface area (Å²) < 4.78 is 7.34. The highest BCUT2D eigenvalue weighted by atomic mass is 16.5. The Balaban J connectivity index is 1.42. The molecule has 1 amide bonds. The maximum Gasteiger partial charge on any atom is 0.272 e. The van der Waals surface area contributed by atoms with Crippen LogP contribution in [0.3, 0.4) is 0 Å². The normalized spacial score (nSPS) is 13.8. The average molecular weight is 445 g/mol. The van der Waals surface area contributed by atoms with Gasteiger partial charge < -0.3 is 15.0 Å². The first-order valence-electron chi connectivity index (χ1n) is 11.3. The molecule has 8 heteroatoms. The SMILES string of the molecule is CCNC(=O)c1nn(Cc2cccc(OC)c2)c2c1CN(Cc1nc3ccccc3[nH]1)CC2. The van der Waals surface area contributed by atoms with Crippen LogP contribution in [0.25, 0.3) is 11.0 Å². The fourth-order valence-electron chi connectivity index (χ4n) is 4.48. The minimum absolute atomic E-state index is 0.122. The lowest BCUT2D eigenvalue weighted by Crippen LogP contribution is -2.32. The Hall–Kier alpha value is -3.65. The van der Waals surface area contributed by atoms with E-state index in [0.29, 0.717) is 31.9 Å². The van der Waals surface area contributed by atoms with Gasteiger partial charge in [-0.05, 0) is 36.8 Å². The van der Waals surface area contributed by atoms with Gasteiger partial charge >= 0.3 is 0 Å². The quantitative estimate of drug-likeness (QED) is 0.457. The van der Waals surface area contributed by atoms with E-state index >= 15 is 0 Å². The molecule has 4 aromatic rings. The van der Waals surface area contributed by atoms with Crippen LogP contribution in [0.4, 0.5) is 0 Å². The van der Waals surface area contributed by atoms with Gasteiger partial charge in [0.25, 0.3) is 5.91 Å². The van der Waals surface area contributed by atoms with Gasteiger partial charge in [0, 0.05) is 37.3 Å². The predicted molar refractivity (Wildman–Crippen MR) is 126 cm³/mol. The number of aromatic nitrogens is 4. The van der Waals surface area contributed by atoms with E-state index < -0.39 is 0 Å². The summed E-state index contributed by atoms with van der Waals surface area (Å²) in [6, 6.07) is 16.0. The molecule has 5 rings (SSSR count). The Labute approximate surface area is 192 Å². The van der Waals surface area contributed by atoms with E-state index in [1.165, 1.54) is 0 Å². The Bertz CT molecular complexity index is 1260. The number of hydrogen-bond acceptors (Lipinski definition) is 5. The second-order valence-corrected chi connectivity index (χ2v) is 8.30. The summed E-state index contributed by atoms with van der Waals surface area (Å²) in [4.78, 5) is 23.3. The molecule has 0 saturated carbocycles. The number of imidazole rings is 1. The standard InChI is InChI=1S/C25H28N6O2/c1-3-26-25(32)24-19-15-30(16-23-27-20-9-4-5-10-21(20)28-23)12-11-22(19)31(29-24)14-17-7-6-8-18(13-17)33-2/h4-10,13H,3,11-12,14-16H2,1-2H3,(H,26,32)(H,27,28). The highest BCUT2D eigenvalue weighted by molar-refractivity contribution is 5.94. The fraction of sp³-hybridized carbons (Fsp3) is 0.320. The molecule has 0 saturated heterocycles. The van der Waals surface area contributed by atoms with Gasteiger partial charge in [-0.1, -0.05) is 24.3 Å². The summed E-state index contributed by atoms with van der Waals surface area (Å²) in [5, 5.41) is 7.67. The first-order chi connectivity index (χ1) is 16.1. The number of fused-ring (bicyclic) bond motifs is 2. The topological polar surface area (TPSA) is 88.1 Å². The molecular formula is C25H28N6O2. The molecule has 8 nitrogen and oxygen atoms in total. The molecular weight excluding hydrogens is 416 g/mol. The smallest absolute Gasteiger partial charge is 0.272 e. The lowest BCUT2D eigenvalue weighted by molar-refractivity contribution is 0.0947. The predicted octanol–water partition coefficient (Wildman–Crippen LogP) is 3.12. The molecule has 0 bridgehead atoms.